The zero-order chi connectivity index (χ0) is 13.4. The molecule has 18 heavy (non-hydrogen) atoms. The van der Waals surface area contributed by atoms with E-state index >= 15 is 0 Å². The molecule has 1 aromatic heterocycles. The Bertz CT molecular complexity index is 317. The van der Waals surface area contributed by atoms with Crippen molar-refractivity contribution in [3.8, 4) is 5.75 Å². The molecule has 1 atom stereocenters. The number of nitrogens with one attached hydrogen (secondary N) is 1. The lowest BCUT2D eigenvalue weighted by Gasteiger charge is -2.18. The predicted octanol–water partition coefficient (Wildman–Crippen LogP) is 1.99. The number of aromatic nitrogens is 2. The first kappa shape index (κ1) is 15.0. The summed E-state index contributed by atoms with van der Waals surface area (Å²) >= 11 is 0. The fraction of sp³-hybridized carbons (Fsp3) is 0.769. The standard InChI is InChI=1S/C13H25N3O2/c1-5-8-18-9-7-11(14-3)13-12(17-4)10-15-16(13)6-2/h10-11,14H,5-9H2,1-4H3. The number of methoxy groups -OCH3 is 1. The number of ether oxygens (including phenoxy) is 2. The zero-order valence-electron chi connectivity index (χ0n) is 11.9. The molecule has 0 radical (unpaired) electrons. The van der Waals surface area contributed by atoms with Crippen molar-refractivity contribution in [1.82, 2.24) is 15.1 Å². The summed E-state index contributed by atoms with van der Waals surface area (Å²) in [5, 5.41) is 7.64. The number of aryl methyl sites for hydroxylation is 1. The van der Waals surface area contributed by atoms with Crippen LogP contribution in [0.5, 0.6) is 5.75 Å². The van der Waals surface area contributed by atoms with E-state index in [1.54, 1.807) is 13.3 Å². The molecule has 1 aromatic rings. The van der Waals surface area contributed by atoms with Crippen molar-refractivity contribution in [2.45, 2.75) is 39.3 Å². The summed E-state index contributed by atoms with van der Waals surface area (Å²) < 4.78 is 12.9. The van der Waals surface area contributed by atoms with E-state index in [1.165, 1.54) is 0 Å². The summed E-state index contributed by atoms with van der Waals surface area (Å²) in [5.41, 5.74) is 1.10. The van der Waals surface area contributed by atoms with Crippen LogP contribution in [0.2, 0.25) is 0 Å². The highest BCUT2D eigenvalue weighted by atomic mass is 16.5. The zero-order valence-corrected chi connectivity index (χ0v) is 11.9. The van der Waals surface area contributed by atoms with Crippen LogP contribution in [0.15, 0.2) is 6.20 Å². The molecule has 5 nitrogen and oxygen atoms in total. The molecule has 104 valence electrons. The molecule has 0 aromatic carbocycles. The summed E-state index contributed by atoms with van der Waals surface area (Å²) in [4.78, 5) is 0. The lowest BCUT2D eigenvalue weighted by molar-refractivity contribution is 0.124. The van der Waals surface area contributed by atoms with Gasteiger partial charge in [0.2, 0.25) is 0 Å². The molecule has 1 rings (SSSR count). The van der Waals surface area contributed by atoms with Gasteiger partial charge in [-0.3, -0.25) is 4.68 Å². The van der Waals surface area contributed by atoms with Crippen molar-refractivity contribution >= 4 is 0 Å². The molecule has 1 heterocycles. The average molecular weight is 255 g/mol. The van der Waals surface area contributed by atoms with Gasteiger partial charge in [0.25, 0.3) is 0 Å². The average Bonchev–Trinajstić information content (AvgIpc) is 2.82. The summed E-state index contributed by atoms with van der Waals surface area (Å²) in [5.74, 6) is 0.840. The van der Waals surface area contributed by atoms with Gasteiger partial charge >= 0.3 is 0 Å². The first-order valence-corrected chi connectivity index (χ1v) is 6.63. The molecule has 0 bridgehead atoms. The molecule has 0 aliphatic rings. The van der Waals surface area contributed by atoms with Crippen LogP contribution >= 0.6 is 0 Å². The largest absolute Gasteiger partial charge is 0.493 e. The van der Waals surface area contributed by atoms with Crippen molar-refractivity contribution in [2.24, 2.45) is 0 Å². The molecule has 0 amide bonds. The SMILES string of the molecule is CCCOCCC(NC)c1c(OC)cnn1CC. The van der Waals surface area contributed by atoms with Crippen LogP contribution in [-0.2, 0) is 11.3 Å². The molecule has 0 aliphatic carbocycles. The van der Waals surface area contributed by atoms with Gasteiger partial charge in [-0.25, -0.2) is 0 Å². The molecular weight excluding hydrogens is 230 g/mol. The van der Waals surface area contributed by atoms with Gasteiger partial charge in [-0.15, -0.1) is 0 Å². The van der Waals surface area contributed by atoms with Gasteiger partial charge in [0.1, 0.15) is 0 Å². The number of nitrogens with zero attached hydrogens (tertiary/aromatic N) is 2. The lowest BCUT2D eigenvalue weighted by Crippen LogP contribution is -2.22. The Balaban J connectivity index is 2.70. The Morgan fingerprint density at radius 2 is 2.17 bits per heavy atom. The van der Waals surface area contributed by atoms with E-state index in [4.69, 9.17) is 9.47 Å². The highest BCUT2D eigenvalue weighted by Gasteiger charge is 2.19. The molecule has 0 aliphatic heterocycles. The minimum absolute atomic E-state index is 0.208. The van der Waals surface area contributed by atoms with Crippen molar-refractivity contribution in [1.29, 1.82) is 0 Å². The van der Waals surface area contributed by atoms with Crippen LogP contribution < -0.4 is 10.1 Å². The van der Waals surface area contributed by atoms with Crippen LogP contribution in [0.25, 0.3) is 0 Å². The topological polar surface area (TPSA) is 48.3 Å². The van der Waals surface area contributed by atoms with Gasteiger partial charge < -0.3 is 14.8 Å². The third-order valence-corrected chi connectivity index (χ3v) is 2.94. The maximum absolute atomic E-state index is 5.55. The summed E-state index contributed by atoms with van der Waals surface area (Å²) in [6, 6.07) is 0.208. The fourth-order valence-electron chi connectivity index (χ4n) is 2.00. The van der Waals surface area contributed by atoms with Gasteiger partial charge in [0, 0.05) is 19.8 Å². The van der Waals surface area contributed by atoms with E-state index < -0.39 is 0 Å². The Kier molecular flexibility index (Phi) is 6.75. The van der Waals surface area contributed by atoms with Crippen LogP contribution in [0.3, 0.4) is 0 Å². The molecule has 1 unspecified atom stereocenters. The van der Waals surface area contributed by atoms with Gasteiger partial charge in [0.15, 0.2) is 5.75 Å². The van der Waals surface area contributed by atoms with Crippen molar-refractivity contribution in [3.63, 3.8) is 0 Å². The van der Waals surface area contributed by atoms with Crippen LogP contribution in [0.4, 0.5) is 0 Å². The summed E-state index contributed by atoms with van der Waals surface area (Å²) in [7, 11) is 3.64. The highest BCUT2D eigenvalue weighted by molar-refractivity contribution is 5.28. The van der Waals surface area contributed by atoms with Gasteiger partial charge in [-0.1, -0.05) is 6.92 Å². The van der Waals surface area contributed by atoms with Gasteiger partial charge in [-0.2, -0.15) is 5.10 Å². The molecule has 0 fully saturated rings. The molecular formula is C13H25N3O2. The quantitative estimate of drug-likeness (QED) is 0.686. The Morgan fingerprint density at radius 1 is 1.39 bits per heavy atom. The third-order valence-electron chi connectivity index (χ3n) is 2.94. The van der Waals surface area contributed by atoms with E-state index in [1.807, 2.05) is 11.7 Å². The van der Waals surface area contributed by atoms with Crippen LogP contribution in [-0.4, -0.2) is 37.2 Å². The smallest absolute Gasteiger partial charge is 0.161 e. The second-order valence-corrected chi connectivity index (χ2v) is 4.16. The normalized spacial score (nSPS) is 12.7. The first-order valence-electron chi connectivity index (χ1n) is 6.63. The Labute approximate surface area is 109 Å². The highest BCUT2D eigenvalue weighted by Crippen LogP contribution is 2.26. The van der Waals surface area contributed by atoms with Crippen molar-refractivity contribution in [2.75, 3.05) is 27.4 Å². The Hall–Kier alpha value is -1.07. The van der Waals surface area contributed by atoms with Crippen molar-refractivity contribution in [3.05, 3.63) is 11.9 Å². The first-order chi connectivity index (χ1) is 8.78. The molecule has 5 heteroatoms. The minimum Gasteiger partial charge on any atom is -0.493 e. The van der Waals surface area contributed by atoms with Crippen LogP contribution in [0.1, 0.15) is 38.4 Å². The minimum atomic E-state index is 0.208. The summed E-state index contributed by atoms with van der Waals surface area (Å²) in [6.07, 6.45) is 3.75. The number of rotatable bonds is 9. The predicted molar refractivity (Wildman–Crippen MR) is 72.0 cm³/mol. The molecule has 1 N–H and O–H groups in total. The lowest BCUT2D eigenvalue weighted by atomic mass is 10.1. The monoisotopic (exact) mass is 255 g/mol. The van der Waals surface area contributed by atoms with Crippen LogP contribution in [0, 0.1) is 0 Å². The van der Waals surface area contributed by atoms with Crippen molar-refractivity contribution < 1.29 is 9.47 Å². The molecule has 0 saturated carbocycles. The maximum atomic E-state index is 5.55. The number of hydrogen-bond acceptors (Lipinski definition) is 4. The summed E-state index contributed by atoms with van der Waals surface area (Å²) in [6.45, 7) is 6.60. The third kappa shape index (κ3) is 3.71. The van der Waals surface area contributed by atoms with E-state index in [-0.39, 0.29) is 6.04 Å². The second-order valence-electron chi connectivity index (χ2n) is 4.16. The van der Waals surface area contributed by atoms with E-state index in [0.717, 1.165) is 44.0 Å². The number of hydrogen-bond donors (Lipinski definition) is 1. The maximum Gasteiger partial charge on any atom is 0.161 e. The van der Waals surface area contributed by atoms with Gasteiger partial charge in [-0.05, 0) is 26.8 Å². The van der Waals surface area contributed by atoms with Gasteiger partial charge in [0.05, 0.1) is 25.0 Å². The fourth-order valence-corrected chi connectivity index (χ4v) is 2.00. The van der Waals surface area contributed by atoms with E-state index in [2.05, 4.69) is 24.3 Å². The molecule has 0 saturated heterocycles. The van der Waals surface area contributed by atoms with E-state index in [0.29, 0.717) is 0 Å². The molecule has 0 spiro atoms. The Morgan fingerprint density at radius 3 is 2.72 bits per heavy atom. The van der Waals surface area contributed by atoms with E-state index in [9.17, 15) is 0 Å². The second kappa shape index (κ2) is 8.11.